The molecule has 2 saturated heterocycles. The number of nitrogens with one attached hydrogen (secondary N) is 1. The van der Waals surface area contributed by atoms with Gasteiger partial charge in [-0.2, -0.15) is 0 Å². The summed E-state index contributed by atoms with van der Waals surface area (Å²) in [7, 11) is 0. The highest BCUT2D eigenvalue weighted by Gasteiger charge is 2.43. The van der Waals surface area contributed by atoms with Crippen LogP contribution in [0.2, 0.25) is 0 Å². The average molecular weight is 357 g/mol. The lowest BCUT2D eigenvalue weighted by Crippen LogP contribution is -2.42. The van der Waals surface area contributed by atoms with Gasteiger partial charge < -0.3 is 19.9 Å². The van der Waals surface area contributed by atoms with Crippen LogP contribution in [-0.4, -0.2) is 56.8 Å². The fraction of sp³-hybridized carbons (Fsp3) is 0.667. The number of anilines is 1. The molecule has 4 rings (SSSR count). The van der Waals surface area contributed by atoms with Crippen molar-refractivity contribution in [1.82, 2.24) is 10.2 Å². The first-order valence-corrected chi connectivity index (χ1v) is 10.2. The first-order valence-electron chi connectivity index (χ1n) is 10.2. The largest absolute Gasteiger partial charge is 0.378 e. The van der Waals surface area contributed by atoms with Crippen LogP contribution in [-0.2, 0) is 11.3 Å². The third-order valence-electron chi connectivity index (χ3n) is 6.21. The molecule has 1 spiro atoms. The SMILES string of the molecule is CCNC(=NCc1ccc(N2CCOCC2)cc1)N1CCC2(CCC2)C1. The summed E-state index contributed by atoms with van der Waals surface area (Å²) in [5, 5.41) is 3.50. The predicted molar refractivity (Wildman–Crippen MR) is 107 cm³/mol. The number of likely N-dealkylation sites (tertiary alicyclic amines) is 1. The minimum Gasteiger partial charge on any atom is -0.378 e. The van der Waals surface area contributed by atoms with Gasteiger partial charge in [-0.25, -0.2) is 4.99 Å². The van der Waals surface area contributed by atoms with Crippen LogP contribution in [0.3, 0.4) is 0 Å². The number of hydrogen-bond acceptors (Lipinski definition) is 3. The highest BCUT2D eigenvalue weighted by Crippen LogP contribution is 2.47. The number of hydrogen-bond donors (Lipinski definition) is 1. The van der Waals surface area contributed by atoms with Crippen molar-refractivity contribution < 1.29 is 4.74 Å². The van der Waals surface area contributed by atoms with E-state index in [-0.39, 0.29) is 0 Å². The maximum absolute atomic E-state index is 5.44. The van der Waals surface area contributed by atoms with E-state index in [0.717, 1.165) is 51.9 Å². The van der Waals surface area contributed by atoms with E-state index in [2.05, 4.69) is 46.3 Å². The van der Waals surface area contributed by atoms with Crippen molar-refractivity contribution in [3.63, 3.8) is 0 Å². The van der Waals surface area contributed by atoms with Crippen LogP contribution in [0.1, 0.15) is 38.2 Å². The Bertz CT molecular complexity index is 617. The number of guanidine groups is 1. The van der Waals surface area contributed by atoms with Crippen molar-refractivity contribution >= 4 is 11.6 Å². The third kappa shape index (κ3) is 3.83. The molecule has 3 fully saturated rings. The lowest BCUT2D eigenvalue weighted by Gasteiger charge is -2.38. The molecule has 1 aromatic carbocycles. The number of ether oxygens (including phenoxy) is 1. The van der Waals surface area contributed by atoms with Crippen LogP contribution < -0.4 is 10.2 Å². The van der Waals surface area contributed by atoms with Gasteiger partial charge in [-0.1, -0.05) is 18.6 Å². The molecule has 3 aliphatic rings. The highest BCUT2D eigenvalue weighted by molar-refractivity contribution is 5.80. The molecule has 0 bridgehead atoms. The normalized spacial score (nSPS) is 22.6. The Hall–Kier alpha value is -1.75. The summed E-state index contributed by atoms with van der Waals surface area (Å²) in [5.41, 5.74) is 3.17. The zero-order valence-corrected chi connectivity index (χ0v) is 16.0. The molecule has 1 aromatic rings. The van der Waals surface area contributed by atoms with Crippen LogP contribution in [0.5, 0.6) is 0 Å². The van der Waals surface area contributed by atoms with Gasteiger partial charge in [0, 0.05) is 38.4 Å². The lowest BCUT2D eigenvalue weighted by molar-refractivity contribution is 0.122. The second-order valence-corrected chi connectivity index (χ2v) is 7.96. The molecule has 0 radical (unpaired) electrons. The summed E-state index contributed by atoms with van der Waals surface area (Å²) >= 11 is 0. The Morgan fingerprint density at radius 1 is 1.12 bits per heavy atom. The molecule has 1 N–H and O–H groups in total. The molecule has 2 heterocycles. The molecule has 5 nitrogen and oxygen atoms in total. The van der Waals surface area contributed by atoms with Gasteiger partial charge in [-0.15, -0.1) is 0 Å². The van der Waals surface area contributed by atoms with Gasteiger partial charge in [0.05, 0.1) is 19.8 Å². The van der Waals surface area contributed by atoms with E-state index in [4.69, 9.17) is 9.73 Å². The van der Waals surface area contributed by atoms with Gasteiger partial charge >= 0.3 is 0 Å². The van der Waals surface area contributed by atoms with Crippen molar-refractivity contribution in [3.05, 3.63) is 29.8 Å². The van der Waals surface area contributed by atoms with Gasteiger partial charge in [0.15, 0.2) is 5.96 Å². The number of benzene rings is 1. The van der Waals surface area contributed by atoms with Crippen LogP contribution in [0.4, 0.5) is 5.69 Å². The Morgan fingerprint density at radius 3 is 2.50 bits per heavy atom. The summed E-state index contributed by atoms with van der Waals surface area (Å²) < 4.78 is 5.44. The van der Waals surface area contributed by atoms with E-state index in [0.29, 0.717) is 5.41 Å². The zero-order valence-electron chi connectivity index (χ0n) is 16.0. The monoisotopic (exact) mass is 356 g/mol. The van der Waals surface area contributed by atoms with Gasteiger partial charge in [-0.05, 0) is 49.3 Å². The van der Waals surface area contributed by atoms with Crippen molar-refractivity contribution in [2.24, 2.45) is 10.4 Å². The molecule has 1 saturated carbocycles. The fourth-order valence-corrected chi connectivity index (χ4v) is 4.43. The van der Waals surface area contributed by atoms with Gasteiger partial charge in [-0.3, -0.25) is 0 Å². The Balaban J connectivity index is 1.38. The smallest absolute Gasteiger partial charge is 0.194 e. The van der Waals surface area contributed by atoms with Crippen LogP contribution >= 0.6 is 0 Å². The lowest BCUT2D eigenvalue weighted by atomic mass is 9.68. The van der Waals surface area contributed by atoms with Crippen LogP contribution in [0.15, 0.2) is 29.3 Å². The van der Waals surface area contributed by atoms with Crippen molar-refractivity contribution in [2.45, 2.75) is 39.2 Å². The van der Waals surface area contributed by atoms with Crippen LogP contribution in [0.25, 0.3) is 0 Å². The standard InChI is InChI=1S/C21H32N4O/c1-2-22-20(25-11-10-21(17-25)8-3-9-21)23-16-18-4-6-19(7-5-18)24-12-14-26-15-13-24/h4-7H,2-3,8-17H2,1H3,(H,22,23). The molecule has 142 valence electrons. The molecule has 1 aliphatic carbocycles. The Labute approximate surface area is 157 Å². The van der Waals surface area contributed by atoms with Gasteiger partial charge in [0.25, 0.3) is 0 Å². The van der Waals surface area contributed by atoms with Crippen LogP contribution in [0, 0.1) is 5.41 Å². The Morgan fingerprint density at radius 2 is 1.88 bits per heavy atom. The second-order valence-electron chi connectivity index (χ2n) is 7.96. The maximum Gasteiger partial charge on any atom is 0.194 e. The van der Waals surface area contributed by atoms with Crippen molar-refractivity contribution in [2.75, 3.05) is 50.8 Å². The van der Waals surface area contributed by atoms with Crippen molar-refractivity contribution in [1.29, 1.82) is 0 Å². The van der Waals surface area contributed by atoms with E-state index in [9.17, 15) is 0 Å². The second kappa shape index (κ2) is 7.87. The molecule has 0 amide bonds. The fourth-order valence-electron chi connectivity index (χ4n) is 4.43. The van der Waals surface area contributed by atoms with E-state index >= 15 is 0 Å². The number of nitrogens with zero attached hydrogens (tertiary/aromatic N) is 3. The summed E-state index contributed by atoms with van der Waals surface area (Å²) in [6.45, 7) is 9.80. The molecule has 0 unspecified atom stereocenters. The van der Waals surface area contributed by atoms with E-state index in [1.807, 2.05) is 0 Å². The zero-order chi connectivity index (χ0) is 17.8. The number of morpholine rings is 1. The van der Waals surface area contributed by atoms with E-state index in [1.165, 1.54) is 43.5 Å². The Kier molecular flexibility index (Phi) is 5.34. The molecule has 0 aromatic heterocycles. The number of aliphatic imine (C=N–C) groups is 1. The minimum atomic E-state index is 0.607. The molecule has 0 atom stereocenters. The first-order chi connectivity index (χ1) is 12.8. The van der Waals surface area contributed by atoms with E-state index < -0.39 is 0 Å². The molecule has 2 aliphatic heterocycles. The average Bonchev–Trinajstić information content (AvgIpc) is 3.12. The molecule has 26 heavy (non-hydrogen) atoms. The quantitative estimate of drug-likeness (QED) is 0.665. The third-order valence-corrected chi connectivity index (χ3v) is 6.21. The molecular formula is C21H32N4O. The maximum atomic E-state index is 5.44. The van der Waals surface area contributed by atoms with Crippen molar-refractivity contribution in [3.8, 4) is 0 Å². The topological polar surface area (TPSA) is 40.1 Å². The highest BCUT2D eigenvalue weighted by atomic mass is 16.5. The summed E-state index contributed by atoms with van der Waals surface area (Å²) in [6.07, 6.45) is 5.57. The summed E-state index contributed by atoms with van der Waals surface area (Å²) in [6, 6.07) is 8.88. The molecular weight excluding hydrogens is 324 g/mol. The summed E-state index contributed by atoms with van der Waals surface area (Å²) in [4.78, 5) is 9.80. The van der Waals surface area contributed by atoms with Gasteiger partial charge in [0.1, 0.15) is 0 Å². The van der Waals surface area contributed by atoms with Gasteiger partial charge in [0.2, 0.25) is 0 Å². The van der Waals surface area contributed by atoms with E-state index in [1.54, 1.807) is 0 Å². The summed E-state index contributed by atoms with van der Waals surface area (Å²) in [5.74, 6) is 1.09. The molecule has 5 heteroatoms. The minimum absolute atomic E-state index is 0.607. The number of rotatable bonds is 4. The first kappa shape index (κ1) is 17.7. The predicted octanol–water partition coefficient (Wildman–Crippen LogP) is 2.86.